The van der Waals surface area contributed by atoms with Crippen molar-refractivity contribution in [2.45, 2.75) is 25.7 Å². The van der Waals surface area contributed by atoms with Crippen LogP contribution in [0, 0.1) is 38.0 Å². The molecule has 9 nitrogen and oxygen atoms in total. The zero-order chi connectivity index (χ0) is 16.6. The van der Waals surface area contributed by atoms with Crippen LogP contribution in [0.25, 0.3) is 0 Å². The number of nitrogens with one attached hydrogen (secondary N) is 2. The lowest BCUT2D eigenvalue weighted by Gasteiger charge is -2.08. The summed E-state index contributed by atoms with van der Waals surface area (Å²) < 4.78 is 0. The fraction of sp³-hybridized carbons (Fsp3) is 0.500. The molecule has 0 spiro atoms. The first-order valence-electron chi connectivity index (χ1n) is 7.47. The SMILES string of the molecule is O=C(NNc1ccc([N+](=O)[O-])cc1[N+](=O)[O-])C1[C@H]2CCCC[C@@H]12. The number of carbonyl (C=O) groups is 1. The molecule has 3 rings (SSSR count). The van der Waals surface area contributed by atoms with Crippen LogP contribution in [-0.2, 0) is 4.79 Å². The first kappa shape index (κ1) is 15.2. The van der Waals surface area contributed by atoms with Crippen molar-refractivity contribution in [3.8, 4) is 0 Å². The third-order valence-electron chi connectivity index (χ3n) is 4.67. The number of anilines is 1. The van der Waals surface area contributed by atoms with Gasteiger partial charge in [0.25, 0.3) is 5.69 Å². The van der Waals surface area contributed by atoms with E-state index in [0.717, 1.165) is 37.8 Å². The van der Waals surface area contributed by atoms with E-state index in [2.05, 4.69) is 10.9 Å². The number of rotatable bonds is 5. The second kappa shape index (κ2) is 5.82. The maximum atomic E-state index is 12.1. The molecule has 23 heavy (non-hydrogen) atoms. The van der Waals surface area contributed by atoms with E-state index in [9.17, 15) is 25.0 Å². The number of nitrogens with zero attached hydrogens (tertiary/aromatic N) is 2. The highest BCUT2D eigenvalue weighted by Gasteiger charge is 2.54. The van der Waals surface area contributed by atoms with Crippen LogP contribution >= 0.6 is 0 Å². The largest absolute Gasteiger partial charge is 0.300 e. The maximum absolute atomic E-state index is 12.1. The van der Waals surface area contributed by atoms with Gasteiger partial charge < -0.3 is 0 Å². The third-order valence-corrected chi connectivity index (χ3v) is 4.67. The molecule has 0 radical (unpaired) electrons. The van der Waals surface area contributed by atoms with Crippen LogP contribution in [0.5, 0.6) is 0 Å². The summed E-state index contributed by atoms with van der Waals surface area (Å²) in [4.78, 5) is 32.4. The monoisotopic (exact) mass is 320 g/mol. The number of carbonyl (C=O) groups excluding carboxylic acids is 1. The van der Waals surface area contributed by atoms with Gasteiger partial charge in [-0.05, 0) is 30.7 Å². The molecule has 1 unspecified atom stereocenters. The van der Waals surface area contributed by atoms with Gasteiger partial charge in [-0.2, -0.15) is 0 Å². The maximum Gasteiger partial charge on any atom is 0.300 e. The van der Waals surface area contributed by atoms with Crippen molar-refractivity contribution in [1.82, 2.24) is 5.43 Å². The molecule has 2 aliphatic rings. The van der Waals surface area contributed by atoms with Gasteiger partial charge in [-0.1, -0.05) is 12.8 Å². The number of benzene rings is 1. The normalized spacial score (nSPS) is 25.1. The standard InChI is InChI=1S/C14H16N4O5/c19-14(13-9-3-1-2-4-10(9)13)16-15-11-6-5-8(17(20)21)7-12(11)18(22)23/h5-7,9-10,13,15H,1-4H2,(H,16,19)/t9-,10+,13?. The van der Waals surface area contributed by atoms with Gasteiger partial charge in [-0.15, -0.1) is 0 Å². The molecular weight excluding hydrogens is 304 g/mol. The van der Waals surface area contributed by atoms with Crippen molar-refractivity contribution in [2.24, 2.45) is 17.8 Å². The van der Waals surface area contributed by atoms with E-state index in [1.807, 2.05) is 0 Å². The van der Waals surface area contributed by atoms with Crippen molar-refractivity contribution < 1.29 is 14.6 Å². The Hall–Kier alpha value is -2.71. The lowest BCUT2D eigenvalue weighted by Crippen LogP contribution is -2.31. The number of non-ortho nitro benzene ring substituents is 1. The zero-order valence-corrected chi connectivity index (χ0v) is 12.2. The van der Waals surface area contributed by atoms with Gasteiger partial charge >= 0.3 is 5.69 Å². The van der Waals surface area contributed by atoms with Crippen LogP contribution < -0.4 is 10.9 Å². The van der Waals surface area contributed by atoms with Crippen LogP contribution in [0.3, 0.4) is 0 Å². The summed E-state index contributed by atoms with van der Waals surface area (Å²) in [5, 5.41) is 21.7. The molecule has 2 aliphatic carbocycles. The Labute approximate surface area is 131 Å². The Morgan fingerprint density at radius 2 is 1.74 bits per heavy atom. The first-order chi connectivity index (χ1) is 11.0. The lowest BCUT2D eigenvalue weighted by molar-refractivity contribution is -0.393. The second-order valence-corrected chi connectivity index (χ2v) is 5.97. The smallest absolute Gasteiger partial charge is 0.292 e. The molecule has 3 atom stereocenters. The summed E-state index contributed by atoms with van der Waals surface area (Å²) in [6.07, 6.45) is 4.40. The molecule has 0 saturated heterocycles. The van der Waals surface area contributed by atoms with Gasteiger partial charge in [0.1, 0.15) is 5.69 Å². The van der Waals surface area contributed by atoms with Crippen LogP contribution in [0.15, 0.2) is 18.2 Å². The van der Waals surface area contributed by atoms with E-state index < -0.39 is 15.5 Å². The molecular formula is C14H16N4O5. The molecule has 2 N–H and O–H groups in total. The molecule has 0 aliphatic heterocycles. The Morgan fingerprint density at radius 3 is 2.30 bits per heavy atom. The van der Waals surface area contributed by atoms with Crippen molar-refractivity contribution >= 4 is 23.0 Å². The van der Waals surface area contributed by atoms with Gasteiger partial charge in [0.2, 0.25) is 5.91 Å². The average Bonchev–Trinajstić information content (AvgIpc) is 3.26. The fourth-order valence-corrected chi connectivity index (χ4v) is 3.48. The fourth-order valence-electron chi connectivity index (χ4n) is 3.48. The molecule has 1 amide bonds. The summed E-state index contributed by atoms with van der Waals surface area (Å²) in [5.74, 6) is 0.659. The second-order valence-electron chi connectivity index (χ2n) is 5.97. The van der Waals surface area contributed by atoms with Crippen LogP contribution in [0.2, 0.25) is 0 Å². The van der Waals surface area contributed by atoms with Crippen LogP contribution in [-0.4, -0.2) is 15.8 Å². The van der Waals surface area contributed by atoms with E-state index in [0.29, 0.717) is 11.8 Å². The van der Waals surface area contributed by atoms with E-state index in [1.165, 1.54) is 6.07 Å². The quantitative estimate of drug-likeness (QED) is 0.633. The minimum Gasteiger partial charge on any atom is -0.292 e. The molecule has 1 aromatic rings. The summed E-state index contributed by atoms with van der Waals surface area (Å²) in [6.45, 7) is 0. The first-order valence-corrected chi connectivity index (χ1v) is 7.47. The predicted octanol–water partition coefficient (Wildman–Crippen LogP) is 2.38. The molecule has 0 bridgehead atoms. The van der Waals surface area contributed by atoms with Gasteiger partial charge in [-0.25, -0.2) is 0 Å². The van der Waals surface area contributed by atoms with Gasteiger partial charge in [-0.3, -0.25) is 35.9 Å². The van der Waals surface area contributed by atoms with Crippen molar-refractivity contribution in [3.05, 3.63) is 38.4 Å². The van der Waals surface area contributed by atoms with Crippen LogP contribution in [0.1, 0.15) is 25.7 Å². The minimum absolute atomic E-state index is 0.0255. The van der Waals surface area contributed by atoms with Crippen molar-refractivity contribution in [2.75, 3.05) is 5.43 Å². The molecule has 2 saturated carbocycles. The third kappa shape index (κ3) is 2.94. The topological polar surface area (TPSA) is 127 Å². The Bertz CT molecular complexity index is 665. The predicted molar refractivity (Wildman–Crippen MR) is 80.5 cm³/mol. The van der Waals surface area contributed by atoms with E-state index in [-0.39, 0.29) is 23.2 Å². The van der Waals surface area contributed by atoms with E-state index in [1.54, 1.807) is 0 Å². The number of nitro benzene ring substituents is 2. The molecule has 2 fully saturated rings. The highest BCUT2D eigenvalue weighted by Crippen LogP contribution is 2.55. The molecule has 0 aromatic heterocycles. The summed E-state index contributed by atoms with van der Waals surface area (Å²) in [6, 6.07) is 3.24. The highest BCUT2D eigenvalue weighted by atomic mass is 16.6. The lowest BCUT2D eigenvalue weighted by atomic mass is 10.0. The molecule has 122 valence electrons. The summed E-state index contributed by atoms with van der Waals surface area (Å²) in [5.41, 5.74) is 4.23. The summed E-state index contributed by atoms with van der Waals surface area (Å²) in [7, 11) is 0. The average molecular weight is 320 g/mol. The van der Waals surface area contributed by atoms with E-state index in [4.69, 9.17) is 0 Å². The Balaban J connectivity index is 1.67. The number of nitro groups is 2. The van der Waals surface area contributed by atoms with Gasteiger partial charge in [0.05, 0.1) is 15.9 Å². The molecule has 9 heteroatoms. The number of hydrazine groups is 1. The number of amides is 1. The Morgan fingerprint density at radius 1 is 1.09 bits per heavy atom. The van der Waals surface area contributed by atoms with E-state index >= 15 is 0 Å². The van der Waals surface area contributed by atoms with Gasteiger partial charge in [0.15, 0.2) is 0 Å². The molecule has 0 heterocycles. The van der Waals surface area contributed by atoms with Crippen molar-refractivity contribution in [1.29, 1.82) is 0 Å². The van der Waals surface area contributed by atoms with Crippen molar-refractivity contribution in [3.63, 3.8) is 0 Å². The van der Waals surface area contributed by atoms with Gasteiger partial charge in [0, 0.05) is 12.0 Å². The zero-order valence-electron chi connectivity index (χ0n) is 12.2. The van der Waals surface area contributed by atoms with Crippen LogP contribution in [0.4, 0.5) is 17.1 Å². The number of hydrogen-bond donors (Lipinski definition) is 2. The summed E-state index contributed by atoms with van der Waals surface area (Å²) >= 11 is 0. The number of hydrogen-bond acceptors (Lipinski definition) is 6. The minimum atomic E-state index is -0.724. The number of fused-ring (bicyclic) bond motifs is 1. The Kier molecular flexibility index (Phi) is 3.85. The highest BCUT2D eigenvalue weighted by molar-refractivity contribution is 5.84. The molecule has 1 aromatic carbocycles.